The molecule has 5 rings (SSSR count). The van der Waals surface area contributed by atoms with Gasteiger partial charge in [0, 0.05) is 22.1 Å². The number of aromatic nitrogens is 2. The summed E-state index contributed by atoms with van der Waals surface area (Å²) >= 11 is 0. The van der Waals surface area contributed by atoms with E-state index in [1.54, 1.807) is 42.6 Å². The van der Waals surface area contributed by atoms with Crippen molar-refractivity contribution in [3.63, 3.8) is 0 Å². The van der Waals surface area contributed by atoms with E-state index in [1.165, 1.54) is 6.33 Å². The Bertz CT molecular complexity index is 1310. The summed E-state index contributed by atoms with van der Waals surface area (Å²) in [4.78, 5) is 34.5. The van der Waals surface area contributed by atoms with Crippen LogP contribution in [0.3, 0.4) is 0 Å². The maximum Gasteiger partial charge on any atom is 0.196 e. The number of rotatable bonds is 3. The second-order valence-electron chi connectivity index (χ2n) is 6.59. The van der Waals surface area contributed by atoms with Crippen molar-refractivity contribution in [2.24, 2.45) is 5.10 Å². The molecule has 0 atom stereocenters. The summed E-state index contributed by atoms with van der Waals surface area (Å²) in [6.07, 6.45) is 3.04. The lowest BCUT2D eigenvalue weighted by Gasteiger charge is -2.18. The van der Waals surface area contributed by atoms with Gasteiger partial charge in [0.15, 0.2) is 17.4 Å². The van der Waals surface area contributed by atoms with Gasteiger partial charge in [-0.15, -0.1) is 0 Å². The molecule has 0 aliphatic heterocycles. The molecule has 3 aromatic carbocycles. The zero-order valence-corrected chi connectivity index (χ0v) is 15.2. The first-order valence-corrected chi connectivity index (χ1v) is 9.04. The average molecular weight is 378 g/mol. The van der Waals surface area contributed by atoms with Gasteiger partial charge in [0.25, 0.3) is 0 Å². The van der Waals surface area contributed by atoms with Crippen molar-refractivity contribution in [1.82, 2.24) is 9.97 Å². The van der Waals surface area contributed by atoms with E-state index in [2.05, 4.69) is 20.5 Å². The van der Waals surface area contributed by atoms with Crippen LogP contribution in [0.25, 0.3) is 10.9 Å². The van der Waals surface area contributed by atoms with Gasteiger partial charge >= 0.3 is 0 Å². The van der Waals surface area contributed by atoms with Crippen LogP contribution in [0.1, 0.15) is 37.4 Å². The van der Waals surface area contributed by atoms with Crippen LogP contribution in [-0.2, 0) is 0 Å². The summed E-state index contributed by atoms with van der Waals surface area (Å²) in [7, 11) is 0. The first-order chi connectivity index (χ1) is 14.2. The molecule has 6 nitrogen and oxygen atoms in total. The van der Waals surface area contributed by atoms with Crippen molar-refractivity contribution < 1.29 is 9.59 Å². The molecule has 138 valence electrons. The molecule has 0 unspecified atom stereocenters. The largest absolute Gasteiger partial charge is 0.289 e. The molecule has 0 spiro atoms. The first kappa shape index (κ1) is 16.9. The normalized spacial score (nSPS) is 12.8. The van der Waals surface area contributed by atoms with Gasteiger partial charge in [-0.05, 0) is 17.7 Å². The summed E-state index contributed by atoms with van der Waals surface area (Å²) in [6.45, 7) is 0. The number of nitrogens with one attached hydrogen (secondary N) is 1. The highest BCUT2D eigenvalue weighted by molar-refractivity contribution is 6.32. The summed E-state index contributed by atoms with van der Waals surface area (Å²) < 4.78 is 0. The Balaban J connectivity index is 1.59. The Morgan fingerprint density at radius 2 is 1.48 bits per heavy atom. The molecule has 1 N–H and O–H groups in total. The summed E-state index contributed by atoms with van der Waals surface area (Å²) in [5.74, 6) is 0.0784. The zero-order chi connectivity index (χ0) is 19.8. The molecule has 0 bridgehead atoms. The third kappa shape index (κ3) is 2.78. The number of ketones is 2. The summed E-state index contributed by atoms with van der Waals surface area (Å²) in [5, 5.41) is 4.85. The Kier molecular flexibility index (Phi) is 3.95. The number of hydrazone groups is 1. The minimum atomic E-state index is -0.210. The number of hydrogen-bond donors (Lipinski definition) is 1. The van der Waals surface area contributed by atoms with Gasteiger partial charge in [0.2, 0.25) is 0 Å². The van der Waals surface area contributed by atoms with E-state index in [0.29, 0.717) is 39.0 Å². The van der Waals surface area contributed by atoms with Crippen molar-refractivity contribution in [2.45, 2.75) is 0 Å². The third-order valence-corrected chi connectivity index (χ3v) is 4.88. The van der Waals surface area contributed by atoms with E-state index in [1.807, 2.05) is 30.3 Å². The molecule has 0 saturated heterocycles. The Morgan fingerprint density at radius 1 is 0.759 bits per heavy atom. The number of nitrogens with zero attached hydrogens (tertiary/aromatic N) is 3. The smallest absolute Gasteiger partial charge is 0.196 e. The fourth-order valence-corrected chi connectivity index (χ4v) is 3.50. The molecule has 0 saturated carbocycles. The predicted octanol–water partition coefficient (Wildman–Crippen LogP) is 3.85. The number of anilines is 1. The fourth-order valence-electron chi connectivity index (χ4n) is 3.50. The van der Waals surface area contributed by atoms with Crippen molar-refractivity contribution in [3.05, 3.63) is 101 Å². The molecule has 4 aromatic rings. The highest BCUT2D eigenvalue weighted by Gasteiger charge is 2.31. The van der Waals surface area contributed by atoms with Gasteiger partial charge in [-0.2, -0.15) is 5.10 Å². The summed E-state index contributed by atoms with van der Waals surface area (Å²) in [5.41, 5.74) is 5.77. The quantitative estimate of drug-likeness (QED) is 0.381. The van der Waals surface area contributed by atoms with E-state index < -0.39 is 0 Å². The monoisotopic (exact) mass is 378 g/mol. The standard InChI is InChI=1S/C23H14N4O2/c28-21-15-8-4-5-9-16(15)22(29)19-17(21)10-11-18-20(19)24-13-25-23(18)27-26-12-14-6-2-1-3-7-14/h1-13H,(H,24,25,27)/b26-12-. The van der Waals surface area contributed by atoms with Crippen LogP contribution in [0, 0.1) is 0 Å². The van der Waals surface area contributed by atoms with E-state index in [4.69, 9.17) is 0 Å². The maximum atomic E-state index is 13.1. The Labute approximate surface area is 165 Å². The van der Waals surface area contributed by atoms with Crippen LogP contribution < -0.4 is 5.43 Å². The highest BCUT2D eigenvalue weighted by Crippen LogP contribution is 2.33. The van der Waals surface area contributed by atoms with E-state index in [9.17, 15) is 9.59 Å². The van der Waals surface area contributed by atoms with Crippen LogP contribution in [0.4, 0.5) is 5.82 Å². The van der Waals surface area contributed by atoms with Gasteiger partial charge in [0.1, 0.15) is 6.33 Å². The molecular weight excluding hydrogens is 364 g/mol. The van der Waals surface area contributed by atoms with Crippen molar-refractivity contribution >= 4 is 34.5 Å². The van der Waals surface area contributed by atoms with Gasteiger partial charge < -0.3 is 0 Å². The van der Waals surface area contributed by atoms with Gasteiger partial charge in [-0.3, -0.25) is 15.0 Å². The lowest BCUT2D eigenvalue weighted by Crippen LogP contribution is -2.21. The molecule has 0 amide bonds. The fraction of sp³-hybridized carbons (Fsp3) is 0. The molecule has 1 heterocycles. The molecule has 0 fully saturated rings. The maximum absolute atomic E-state index is 13.1. The van der Waals surface area contributed by atoms with E-state index in [0.717, 1.165) is 5.56 Å². The molecule has 29 heavy (non-hydrogen) atoms. The average Bonchev–Trinajstić information content (AvgIpc) is 2.77. The number of fused-ring (bicyclic) bond motifs is 4. The number of carbonyl (C=O) groups is 2. The lowest BCUT2D eigenvalue weighted by atomic mass is 9.83. The van der Waals surface area contributed by atoms with Crippen molar-refractivity contribution in [2.75, 3.05) is 5.43 Å². The van der Waals surface area contributed by atoms with Crippen LogP contribution in [0.15, 0.2) is 78.2 Å². The molecule has 1 aliphatic rings. The van der Waals surface area contributed by atoms with Crippen LogP contribution in [0.5, 0.6) is 0 Å². The van der Waals surface area contributed by atoms with Crippen LogP contribution >= 0.6 is 0 Å². The number of benzene rings is 3. The molecule has 6 heteroatoms. The summed E-state index contributed by atoms with van der Waals surface area (Å²) in [6, 6.07) is 19.9. The first-order valence-electron chi connectivity index (χ1n) is 9.04. The topological polar surface area (TPSA) is 84.3 Å². The van der Waals surface area contributed by atoms with Gasteiger partial charge in [-0.1, -0.05) is 54.6 Å². The molecule has 1 aliphatic carbocycles. The highest BCUT2D eigenvalue weighted by atomic mass is 16.1. The second kappa shape index (κ2) is 6.76. The SMILES string of the molecule is O=C1c2ccccc2C(=O)c2c1ccc1c(N/N=C\c3ccccc3)ncnc21. The second-order valence-corrected chi connectivity index (χ2v) is 6.59. The lowest BCUT2D eigenvalue weighted by molar-refractivity contribution is 0.0980. The third-order valence-electron chi connectivity index (χ3n) is 4.88. The number of hydrogen-bond acceptors (Lipinski definition) is 6. The van der Waals surface area contributed by atoms with Crippen LogP contribution in [-0.4, -0.2) is 27.7 Å². The Morgan fingerprint density at radius 3 is 2.28 bits per heavy atom. The number of carbonyl (C=O) groups excluding carboxylic acids is 2. The molecule has 0 radical (unpaired) electrons. The van der Waals surface area contributed by atoms with E-state index in [-0.39, 0.29) is 11.6 Å². The van der Waals surface area contributed by atoms with Gasteiger partial charge in [-0.25, -0.2) is 9.97 Å². The Hall–Kier alpha value is -4.19. The molecular formula is C23H14N4O2. The minimum Gasteiger partial charge on any atom is -0.289 e. The minimum absolute atomic E-state index is 0.174. The predicted molar refractivity (Wildman–Crippen MR) is 111 cm³/mol. The van der Waals surface area contributed by atoms with Crippen LogP contribution in [0.2, 0.25) is 0 Å². The van der Waals surface area contributed by atoms with E-state index >= 15 is 0 Å². The van der Waals surface area contributed by atoms with Crippen molar-refractivity contribution in [3.8, 4) is 0 Å². The van der Waals surface area contributed by atoms with Gasteiger partial charge in [0.05, 0.1) is 17.3 Å². The van der Waals surface area contributed by atoms with Crippen molar-refractivity contribution in [1.29, 1.82) is 0 Å². The molecule has 1 aromatic heterocycles. The zero-order valence-electron chi connectivity index (χ0n) is 15.2.